The van der Waals surface area contributed by atoms with Gasteiger partial charge in [0.05, 0.1) is 10.9 Å². The molecular formula is C26H27FN4O2S. The Morgan fingerprint density at radius 2 is 1.76 bits per heavy atom. The summed E-state index contributed by atoms with van der Waals surface area (Å²) >= 11 is 0. The SMILES string of the molecule is Cc1ccc(S(=O)(=O)Nc2ccnc(NC(C)C3(F)C=CC(c4ccccc4)=CC3C)n2)cc1. The van der Waals surface area contributed by atoms with Crippen molar-refractivity contribution < 1.29 is 12.8 Å². The van der Waals surface area contributed by atoms with Crippen molar-refractivity contribution in [2.24, 2.45) is 5.92 Å². The van der Waals surface area contributed by atoms with Crippen LogP contribution in [-0.2, 0) is 10.0 Å². The molecule has 0 amide bonds. The van der Waals surface area contributed by atoms with Gasteiger partial charge >= 0.3 is 0 Å². The molecule has 0 saturated carbocycles. The molecule has 1 heterocycles. The monoisotopic (exact) mass is 478 g/mol. The number of sulfonamides is 1. The first-order valence-electron chi connectivity index (χ1n) is 11.0. The van der Waals surface area contributed by atoms with E-state index in [-0.39, 0.29) is 16.7 Å². The van der Waals surface area contributed by atoms with Gasteiger partial charge in [-0.05, 0) is 49.3 Å². The first-order valence-corrected chi connectivity index (χ1v) is 12.5. The lowest BCUT2D eigenvalue weighted by Gasteiger charge is -2.36. The van der Waals surface area contributed by atoms with Gasteiger partial charge in [0, 0.05) is 12.1 Å². The third kappa shape index (κ3) is 5.02. The highest BCUT2D eigenvalue weighted by Crippen LogP contribution is 2.37. The summed E-state index contributed by atoms with van der Waals surface area (Å²) < 4.78 is 43.8. The van der Waals surface area contributed by atoms with E-state index in [0.717, 1.165) is 16.7 Å². The van der Waals surface area contributed by atoms with Crippen LogP contribution in [0.5, 0.6) is 0 Å². The summed E-state index contributed by atoms with van der Waals surface area (Å²) in [7, 11) is -3.81. The number of nitrogens with zero attached hydrogens (tertiary/aromatic N) is 2. The van der Waals surface area contributed by atoms with Gasteiger partial charge in [0.2, 0.25) is 5.95 Å². The quantitative estimate of drug-likeness (QED) is 0.476. The lowest BCUT2D eigenvalue weighted by molar-refractivity contribution is 0.153. The zero-order valence-electron chi connectivity index (χ0n) is 19.2. The number of rotatable bonds is 7. The van der Waals surface area contributed by atoms with Crippen LogP contribution in [0.15, 0.2) is 90.0 Å². The number of aryl methyl sites for hydroxylation is 1. The molecule has 2 N–H and O–H groups in total. The van der Waals surface area contributed by atoms with Crippen molar-refractivity contribution in [2.45, 2.75) is 37.4 Å². The Morgan fingerprint density at radius 1 is 1.06 bits per heavy atom. The maximum atomic E-state index is 16.0. The maximum Gasteiger partial charge on any atom is 0.263 e. The fourth-order valence-electron chi connectivity index (χ4n) is 3.89. The average molecular weight is 479 g/mol. The Balaban J connectivity index is 1.48. The van der Waals surface area contributed by atoms with E-state index >= 15 is 4.39 Å². The van der Waals surface area contributed by atoms with Crippen molar-refractivity contribution in [2.75, 3.05) is 10.0 Å². The minimum atomic E-state index is -3.81. The topological polar surface area (TPSA) is 84.0 Å². The molecule has 1 aliphatic rings. The number of benzene rings is 2. The largest absolute Gasteiger partial charge is 0.348 e. The van der Waals surface area contributed by atoms with Crippen LogP contribution in [0, 0.1) is 12.8 Å². The van der Waals surface area contributed by atoms with Crippen LogP contribution in [0.2, 0.25) is 0 Å². The van der Waals surface area contributed by atoms with Crippen molar-refractivity contribution >= 4 is 27.4 Å². The molecule has 4 rings (SSSR count). The molecule has 0 aliphatic heterocycles. The zero-order chi connectivity index (χ0) is 24.3. The number of alkyl halides is 1. The van der Waals surface area contributed by atoms with E-state index in [1.165, 1.54) is 24.4 Å². The molecule has 0 saturated heterocycles. The van der Waals surface area contributed by atoms with Crippen LogP contribution < -0.4 is 10.0 Å². The second kappa shape index (κ2) is 9.38. The van der Waals surface area contributed by atoms with Crippen molar-refractivity contribution in [1.82, 2.24) is 9.97 Å². The maximum absolute atomic E-state index is 16.0. The average Bonchev–Trinajstić information content (AvgIpc) is 2.81. The number of allylic oxidation sites excluding steroid dienone is 3. The summed E-state index contributed by atoms with van der Waals surface area (Å²) in [5.41, 5.74) is 1.28. The molecule has 34 heavy (non-hydrogen) atoms. The van der Waals surface area contributed by atoms with Gasteiger partial charge in [0.25, 0.3) is 10.0 Å². The molecule has 0 bridgehead atoms. The second-order valence-electron chi connectivity index (χ2n) is 8.49. The Hall–Kier alpha value is -3.52. The number of aromatic nitrogens is 2. The molecule has 176 valence electrons. The Bertz CT molecular complexity index is 1320. The summed E-state index contributed by atoms with van der Waals surface area (Å²) in [6, 6.07) is 17.1. The Kier molecular flexibility index (Phi) is 6.52. The minimum absolute atomic E-state index is 0.0941. The number of nitrogens with one attached hydrogen (secondary N) is 2. The molecule has 3 unspecified atom stereocenters. The lowest BCUT2D eigenvalue weighted by atomic mass is 9.78. The van der Waals surface area contributed by atoms with E-state index < -0.39 is 27.7 Å². The molecule has 0 fully saturated rings. The van der Waals surface area contributed by atoms with Gasteiger partial charge in [-0.15, -0.1) is 0 Å². The molecule has 1 aromatic heterocycles. The number of hydrogen-bond acceptors (Lipinski definition) is 5. The fraction of sp³-hybridized carbons (Fsp3) is 0.231. The molecule has 3 atom stereocenters. The number of hydrogen-bond donors (Lipinski definition) is 2. The smallest absolute Gasteiger partial charge is 0.263 e. The van der Waals surface area contributed by atoms with Gasteiger partial charge in [-0.1, -0.05) is 67.1 Å². The molecule has 3 aromatic rings. The highest BCUT2D eigenvalue weighted by atomic mass is 32.2. The standard InChI is InChI=1S/C26H27FN4O2S/c1-18-9-11-23(12-10-18)34(32,33)31-24-14-16-28-25(30-24)29-20(3)26(27)15-13-22(17-19(26)2)21-7-5-4-6-8-21/h4-17,19-20H,1-3H3,(H2,28,29,30,31). The molecule has 1 aliphatic carbocycles. The predicted molar refractivity (Wildman–Crippen MR) is 134 cm³/mol. The Labute approximate surface area is 199 Å². The van der Waals surface area contributed by atoms with Crippen molar-refractivity contribution in [1.29, 1.82) is 0 Å². The van der Waals surface area contributed by atoms with Crippen molar-refractivity contribution in [3.8, 4) is 0 Å². The van der Waals surface area contributed by atoms with Crippen LogP contribution in [0.4, 0.5) is 16.2 Å². The van der Waals surface area contributed by atoms with E-state index in [1.54, 1.807) is 31.2 Å². The highest BCUT2D eigenvalue weighted by Gasteiger charge is 2.41. The molecule has 6 nitrogen and oxygen atoms in total. The second-order valence-corrected chi connectivity index (χ2v) is 10.2. The van der Waals surface area contributed by atoms with Crippen molar-refractivity contribution in [3.63, 3.8) is 0 Å². The van der Waals surface area contributed by atoms with Gasteiger partial charge in [-0.3, -0.25) is 4.72 Å². The Morgan fingerprint density at radius 3 is 2.44 bits per heavy atom. The lowest BCUT2D eigenvalue weighted by Crippen LogP contribution is -2.45. The summed E-state index contributed by atoms with van der Waals surface area (Å²) in [4.78, 5) is 8.51. The van der Waals surface area contributed by atoms with E-state index in [2.05, 4.69) is 20.0 Å². The molecule has 8 heteroatoms. The number of halogens is 1. The first kappa shape index (κ1) is 23.6. The van der Waals surface area contributed by atoms with Crippen LogP contribution in [0.1, 0.15) is 25.0 Å². The van der Waals surface area contributed by atoms with Gasteiger partial charge in [0.15, 0.2) is 5.67 Å². The zero-order valence-corrected chi connectivity index (χ0v) is 20.1. The summed E-state index contributed by atoms with van der Waals surface area (Å²) in [6.45, 7) is 5.43. The summed E-state index contributed by atoms with van der Waals surface area (Å²) in [5, 5.41) is 3.00. The fourth-order valence-corrected chi connectivity index (χ4v) is 4.89. The molecule has 0 radical (unpaired) electrons. The van der Waals surface area contributed by atoms with E-state index in [1.807, 2.05) is 50.3 Å². The normalized spacial score (nSPS) is 20.9. The number of anilines is 2. The minimum Gasteiger partial charge on any atom is -0.348 e. The third-order valence-corrected chi connectivity index (χ3v) is 7.36. The van der Waals surface area contributed by atoms with Crippen LogP contribution in [-0.4, -0.2) is 30.1 Å². The van der Waals surface area contributed by atoms with Gasteiger partial charge in [-0.25, -0.2) is 17.8 Å². The van der Waals surface area contributed by atoms with Crippen LogP contribution in [0.25, 0.3) is 5.57 Å². The molecule has 0 spiro atoms. The van der Waals surface area contributed by atoms with Crippen LogP contribution in [0.3, 0.4) is 0 Å². The summed E-state index contributed by atoms with van der Waals surface area (Å²) in [6.07, 6.45) is 6.70. The summed E-state index contributed by atoms with van der Waals surface area (Å²) in [5.74, 6) is -0.179. The highest BCUT2D eigenvalue weighted by molar-refractivity contribution is 7.92. The van der Waals surface area contributed by atoms with Crippen molar-refractivity contribution in [3.05, 3.63) is 96.2 Å². The van der Waals surface area contributed by atoms with E-state index in [0.29, 0.717) is 0 Å². The first-order chi connectivity index (χ1) is 16.2. The van der Waals surface area contributed by atoms with Gasteiger partial charge < -0.3 is 5.32 Å². The molecule has 2 aromatic carbocycles. The van der Waals surface area contributed by atoms with Gasteiger partial charge in [-0.2, -0.15) is 4.98 Å². The predicted octanol–water partition coefficient (Wildman–Crippen LogP) is 5.38. The van der Waals surface area contributed by atoms with E-state index in [9.17, 15) is 8.42 Å². The van der Waals surface area contributed by atoms with Crippen LogP contribution >= 0.6 is 0 Å². The molecular weight excluding hydrogens is 451 g/mol. The third-order valence-electron chi connectivity index (χ3n) is 5.99. The van der Waals surface area contributed by atoms with E-state index in [4.69, 9.17) is 0 Å². The van der Waals surface area contributed by atoms with Gasteiger partial charge in [0.1, 0.15) is 5.82 Å².